The van der Waals surface area contributed by atoms with Gasteiger partial charge in [0, 0.05) is 25.0 Å². The second kappa shape index (κ2) is 6.23. The summed E-state index contributed by atoms with van der Waals surface area (Å²) in [6.45, 7) is 3.24. The molecule has 3 heteroatoms. The molecular formula is C17H23N3. The lowest BCUT2D eigenvalue weighted by Crippen LogP contribution is -2.32. The second-order valence-electron chi connectivity index (χ2n) is 5.79. The number of hydrogen-bond donors (Lipinski definition) is 1. The van der Waals surface area contributed by atoms with Crippen molar-refractivity contribution in [3.05, 3.63) is 48.3 Å². The molecule has 20 heavy (non-hydrogen) atoms. The minimum atomic E-state index is 0.600. The fourth-order valence-corrected chi connectivity index (χ4v) is 3.19. The third-order valence-electron chi connectivity index (χ3n) is 4.46. The Morgan fingerprint density at radius 1 is 1.25 bits per heavy atom. The Morgan fingerprint density at radius 3 is 2.80 bits per heavy atom. The van der Waals surface area contributed by atoms with E-state index in [-0.39, 0.29) is 0 Å². The molecule has 3 nitrogen and oxygen atoms in total. The molecule has 0 amide bonds. The summed E-state index contributed by atoms with van der Waals surface area (Å²) in [6, 6.07) is 11.1. The summed E-state index contributed by atoms with van der Waals surface area (Å²) >= 11 is 0. The van der Waals surface area contributed by atoms with Crippen molar-refractivity contribution < 1.29 is 0 Å². The van der Waals surface area contributed by atoms with Crippen LogP contribution >= 0.6 is 0 Å². The highest BCUT2D eigenvalue weighted by atomic mass is 15.3. The molecule has 0 saturated heterocycles. The second-order valence-corrected chi connectivity index (χ2v) is 5.79. The van der Waals surface area contributed by atoms with Gasteiger partial charge in [-0.2, -0.15) is 5.10 Å². The van der Waals surface area contributed by atoms with Gasteiger partial charge in [0.25, 0.3) is 0 Å². The van der Waals surface area contributed by atoms with Gasteiger partial charge in [0.2, 0.25) is 0 Å². The quantitative estimate of drug-likeness (QED) is 0.899. The van der Waals surface area contributed by atoms with Crippen molar-refractivity contribution in [2.24, 2.45) is 5.92 Å². The van der Waals surface area contributed by atoms with Gasteiger partial charge in [-0.25, -0.2) is 4.68 Å². The normalized spacial score (nSPS) is 17.4. The summed E-state index contributed by atoms with van der Waals surface area (Å²) in [7, 11) is 0. The fraction of sp³-hybridized carbons (Fsp3) is 0.471. The van der Waals surface area contributed by atoms with Gasteiger partial charge in [-0.3, -0.25) is 0 Å². The van der Waals surface area contributed by atoms with Crippen LogP contribution in [0, 0.1) is 5.92 Å². The molecule has 0 aliphatic heterocycles. The van der Waals surface area contributed by atoms with E-state index in [9.17, 15) is 0 Å². The number of para-hydroxylation sites is 1. The lowest BCUT2D eigenvalue weighted by molar-refractivity contribution is 0.380. The third kappa shape index (κ3) is 2.93. The Bertz CT molecular complexity index is 527. The Hall–Kier alpha value is -1.61. The highest BCUT2D eigenvalue weighted by Gasteiger charge is 2.21. The van der Waals surface area contributed by atoms with E-state index in [1.165, 1.54) is 36.9 Å². The standard InChI is InChI=1S/C17H23N3/c1-14(15-7-2-3-8-15)18-13-16-9-4-5-10-17(16)20-12-6-11-19-20/h4-6,9-12,14-15,18H,2-3,7-8,13H2,1H3. The molecule has 0 bridgehead atoms. The maximum absolute atomic E-state index is 4.34. The van der Waals surface area contributed by atoms with Gasteiger partial charge < -0.3 is 5.32 Å². The van der Waals surface area contributed by atoms with Crippen LogP contribution in [0.5, 0.6) is 0 Å². The average Bonchev–Trinajstić information content (AvgIpc) is 3.17. The monoisotopic (exact) mass is 269 g/mol. The van der Waals surface area contributed by atoms with Crippen molar-refractivity contribution in [2.75, 3.05) is 0 Å². The first-order chi connectivity index (χ1) is 9.84. The molecule has 106 valence electrons. The van der Waals surface area contributed by atoms with E-state index >= 15 is 0 Å². The van der Waals surface area contributed by atoms with Crippen molar-refractivity contribution in [2.45, 2.75) is 45.2 Å². The van der Waals surface area contributed by atoms with Crippen molar-refractivity contribution in [1.82, 2.24) is 15.1 Å². The fourth-order valence-electron chi connectivity index (χ4n) is 3.19. The molecule has 1 N–H and O–H groups in total. The molecule has 3 rings (SSSR count). The minimum absolute atomic E-state index is 0.600. The smallest absolute Gasteiger partial charge is 0.0690 e. The van der Waals surface area contributed by atoms with Gasteiger partial charge in [0.1, 0.15) is 0 Å². The van der Waals surface area contributed by atoms with E-state index < -0.39 is 0 Å². The largest absolute Gasteiger partial charge is 0.310 e. The van der Waals surface area contributed by atoms with Crippen LogP contribution in [-0.4, -0.2) is 15.8 Å². The maximum atomic E-state index is 4.34. The first-order valence-corrected chi connectivity index (χ1v) is 7.66. The number of nitrogens with zero attached hydrogens (tertiary/aromatic N) is 2. The van der Waals surface area contributed by atoms with Crippen molar-refractivity contribution >= 4 is 0 Å². The molecule has 1 fully saturated rings. The zero-order valence-corrected chi connectivity index (χ0v) is 12.1. The van der Waals surface area contributed by atoms with Crippen LogP contribution in [0.4, 0.5) is 0 Å². The molecule has 1 aromatic heterocycles. The highest BCUT2D eigenvalue weighted by Crippen LogP contribution is 2.27. The van der Waals surface area contributed by atoms with E-state index in [4.69, 9.17) is 0 Å². The van der Waals surface area contributed by atoms with Gasteiger partial charge in [-0.15, -0.1) is 0 Å². The molecule has 1 aliphatic rings. The van der Waals surface area contributed by atoms with E-state index in [1.54, 1.807) is 0 Å². The SMILES string of the molecule is CC(NCc1ccccc1-n1cccn1)C1CCCC1. The van der Waals surface area contributed by atoms with Crippen LogP contribution < -0.4 is 5.32 Å². The zero-order chi connectivity index (χ0) is 13.8. The lowest BCUT2D eigenvalue weighted by Gasteiger charge is -2.21. The molecular weight excluding hydrogens is 246 g/mol. The number of benzene rings is 1. The average molecular weight is 269 g/mol. The van der Waals surface area contributed by atoms with E-state index in [0.29, 0.717) is 6.04 Å². The van der Waals surface area contributed by atoms with Gasteiger partial charge in [0.15, 0.2) is 0 Å². The number of hydrogen-bond acceptors (Lipinski definition) is 2. The minimum Gasteiger partial charge on any atom is -0.310 e. The maximum Gasteiger partial charge on any atom is 0.0690 e. The van der Waals surface area contributed by atoms with Crippen molar-refractivity contribution in [1.29, 1.82) is 0 Å². The molecule has 0 radical (unpaired) electrons. The van der Waals surface area contributed by atoms with Crippen LogP contribution in [-0.2, 0) is 6.54 Å². The van der Waals surface area contributed by atoms with E-state index in [0.717, 1.165) is 12.5 Å². The number of nitrogens with one attached hydrogen (secondary N) is 1. The van der Waals surface area contributed by atoms with Gasteiger partial charge >= 0.3 is 0 Å². The Morgan fingerprint density at radius 2 is 2.05 bits per heavy atom. The first kappa shape index (κ1) is 13.4. The van der Waals surface area contributed by atoms with Crippen LogP contribution in [0.25, 0.3) is 5.69 Å². The van der Waals surface area contributed by atoms with Crippen LogP contribution in [0.3, 0.4) is 0 Å². The molecule has 2 aromatic rings. The van der Waals surface area contributed by atoms with Crippen molar-refractivity contribution in [3.63, 3.8) is 0 Å². The van der Waals surface area contributed by atoms with E-state index in [1.807, 2.05) is 23.1 Å². The molecule has 1 saturated carbocycles. The summed E-state index contributed by atoms with van der Waals surface area (Å²) in [5, 5.41) is 8.04. The molecule has 1 aliphatic carbocycles. The van der Waals surface area contributed by atoms with Crippen LogP contribution in [0.2, 0.25) is 0 Å². The van der Waals surface area contributed by atoms with E-state index in [2.05, 4.69) is 41.6 Å². The van der Waals surface area contributed by atoms with Crippen molar-refractivity contribution in [3.8, 4) is 5.69 Å². The molecule has 1 aromatic carbocycles. The molecule has 1 atom stereocenters. The molecule has 1 unspecified atom stereocenters. The summed E-state index contributed by atoms with van der Waals surface area (Å²) < 4.78 is 1.94. The predicted octanol–water partition coefficient (Wildman–Crippen LogP) is 3.54. The summed E-state index contributed by atoms with van der Waals surface area (Å²) in [4.78, 5) is 0. The zero-order valence-electron chi connectivity index (χ0n) is 12.1. The van der Waals surface area contributed by atoms with Crippen LogP contribution in [0.15, 0.2) is 42.7 Å². The first-order valence-electron chi connectivity index (χ1n) is 7.66. The summed E-state index contributed by atoms with van der Waals surface area (Å²) in [5.41, 5.74) is 2.48. The lowest BCUT2D eigenvalue weighted by atomic mass is 9.99. The molecule has 0 spiro atoms. The van der Waals surface area contributed by atoms with Gasteiger partial charge in [-0.05, 0) is 43.4 Å². The number of rotatable bonds is 5. The number of aromatic nitrogens is 2. The Labute approximate surface area is 121 Å². The topological polar surface area (TPSA) is 29.9 Å². The van der Waals surface area contributed by atoms with Crippen LogP contribution in [0.1, 0.15) is 38.2 Å². The third-order valence-corrected chi connectivity index (χ3v) is 4.46. The Balaban J connectivity index is 1.68. The van der Waals surface area contributed by atoms with Gasteiger partial charge in [-0.1, -0.05) is 31.0 Å². The Kier molecular flexibility index (Phi) is 4.16. The van der Waals surface area contributed by atoms with Gasteiger partial charge in [0.05, 0.1) is 5.69 Å². The summed E-state index contributed by atoms with van der Waals surface area (Å²) in [6.07, 6.45) is 9.40. The highest BCUT2D eigenvalue weighted by molar-refractivity contribution is 5.40. The molecule has 1 heterocycles. The summed E-state index contributed by atoms with van der Waals surface area (Å²) in [5.74, 6) is 0.854. The predicted molar refractivity (Wildman–Crippen MR) is 81.8 cm³/mol.